The van der Waals surface area contributed by atoms with Crippen molar-refractivity contribution in [1.82, 2.24) is 19.9 Å². The van der Waals surface area contributed by atoms with Crippen molar-refractivity contribution in [1.29, 1.82) is 0 Å². The molecule has 1 amide bonds. The van der Waals surface area contributed by atoms with Gasteiger partial charge in [0, 0.05) is 30.7 Å². The molecule has 0 saturated carbocycles. The molecule has 1 saturated heterocycles. The number of halogens is 4. The lowest BCUT2D eigenvalue weighted by Gasteiger charge is -2.23. The Hall–Kier alpha value is -4.54. The first-order valence-electron chi connectivity index (χ1n) is 12.6. The van der Waals surface area contributed by atoms with Gasteiger partial charge in [0.2, 0.25) is 5.91 Å². The van der Waals surface area contributed by atoms with Gasteiger partial charge in [-0.1, -0.05) is 12.1 Å². The van der Waals surface area contributed by atoms with E-state index in [1.807, 2.05) is 0 Å². The predicted octanol–water partition coefficient (Wildman–Crippen LogP) is 4.90. The Bertz CT molecular complexity index is 1470. The molecular weight excluding hydrogens is 528 g/mol. The Kier molecular flexibility index (Phi) is 7.90. The molecule has 1 aliphatic rings. The van der Waals surface area contributed by atoms with Crippen molar-refractivity contribution in [3.63, 3.8) is 0 Å². The molecule has 0 spiro atoms. The number of rotatable bonds is 9. The van der Waals surface area contributed by atoms with E-state index in [1.54, 1.807) is 24.3 Å². The summed E-state index contributed by atoms with van der Waals surface area (Å²) in [6.07, 6.45) is 2.95. The van der Waals surface area contributed by atoms with Gasteiger partial charge in [0.15, 0.2) is 5.78 Å². The molecule has 1 aliphatic heterocycles. The second kappa shape index (κ2) is 11.7. The first-order valence-corrected chi connectivity index (χ1v) is 12.6. The number of benzene rings is 3. The Morgan fingerprint density at radius 2 is 1.45 bits per heavy atom. The van der Waals surface area contributed by atoms with Crippen LogP contribution in [-0.4, -0.2) is 44.2 Å². The summed E-state index contributed by atoms with van der Waals surface area (Å²) in [5.41, 5.74) is 0.397. The molecule has 0 bridgehead atoms. The summed E-state index contributed by atoms with van der Waals surface area (Å²) >= 11 is 0. The van der Waals surface area contributed by atoms with Crippen LogP contribution in [-0.2, 0) is 29.0 Å². The largest absolute Gasteiger partial charge is 0.457 e. The van der Waals surface area contributed by atoms with Gasteiger partial charge < -0.3 is 9.64 Å². The van der Waals surface area contributed by atoms with Gasteiger partial charge in [0.05, 0.1) is 18.4 Å². The maximum atomic E-state index is 14.3. The summed E-state index contributed by atoms with van der Waals surface area (Å²) in [5.74, 6) is -3.52. The van der Waals surface area contributed by atoms with Crippen LogP contribution in [0.4, 0.5) is 17.6 Å². The highest BCUT2D eigenvalue weighted by Crippen LogP contribution is 2.30. The maximum Gasteiger partial charge on any atom is 0.246 e. The SMILES string of the molecule is O=C(Cc1ccc(Oc2ccc(F)cc2)cc1)[C@@H]1C[C@@H](Cc2c(F)cc(F)cc2F)CN1C(=O)Cn1nccn1. The molecule has 5 rings (SSSR count). The molecule has 1 aromatic heterocycles. The van der Waals surface area contributed by atoms with E-state index in [0.717, 1.165) is 0 Å². The summed E-state index contributed by atoms with van der Waals surface area (Å²) in [7, 11) is 0. The van der Waals surface area contributed by atoms with E-state index in [0.29, 0.717) is 29.2 Å². The number of nitrogens with zero attached hydrogens (tertiary/aromatic N) is 4. The van der Waals surface area contributed by atoms with Crippen molar-refractivity contribution in [2.75, 3.05) is 6.54 Å². The van der Waals surface area contributed by atoms with Crippen LogP contribution in [0.1, 0.15) is 17.5 Å². The third-order valence-corrected chi connectivity index (χ3v) is 6.77. The summed E-state index contributed by atoms with van der Waals surface area (Å²) in [6, 6.07) is 12.8. The van der Waals surface area contributed by atoms with Crippen molar-refractivity contribution < 1.29 is 31.9 Å². The summed E-state index contributed by atoms with van der Waals surface area (Å²) in [5, 5.41) is 7.87. The first-order chi connectivity index (χ1) is 19.2. The van der Waals surface area contributed by atoms with Crippen molar-refractivity contribution >= 4 is 11.7 Å². The summed E-state index contributed by atoms with van der Waals surface area (Å²) in [6.45, 7) is -0.102. The summed E-state index contributed by atoms with van der Waals surface area (Å²) < 4.78 is 60.8. The van der Waals surface area contributed by atoms with Crippen LogP contribution in [0, 0.1) is 29.2 Å². The molecule has 206 valence electrons. The normalized spacial score (nSPS) is 16.8. The molecule has 40 heavy (non-hydrogen) atoms. The first kappa shape index (κ1) is 27.0. The molecule has 7 nitrogen and oxygen atoms in total. The zero-order chi connectivity index (χ0) is 28.2. The summed E-state index contributed by atoms with van der Waals surface area (Å²) in [4.78, 5) is 29.1. The fourth-order valence-electron chi connectivity index (χ4n) is 4.88. The van der Waals surface area contributed by atoms with Crippen molar-refractivity contribution in [3.05, 3.63) is 107 Å². The minimum absolute atomic E-state index is 0.0112. The van der Waals surface area contributed by atoms with E-state index >= 15 is 0 Å². The molecule has 0 aliphatic carbocycles. The quantitative estimate of drug-likeness (QED) is 0.276. The number of aromatic nitrogens is 3. The fourth-order valence-corrected chi connectivity index (χ4v) is 4.88. The predicted molar refractivity (Wildman–Crippen MR) is 135 cm³/mol. The van der Waals surface area contributed by atoms with E-state index < -0.39 is 35.3 Å². The lowest BCUT2D eigenvalue weighted by molar-refractivity contribution is -0.138. The van der Waals surface area contributed by atoms with Crippen LogP contribution in [0.5, 0.6) is 11.5 Å². The highest BCUT2D eigenvalue weighted by atomic mass is 19.1. The minimum atomic E-state index is -1.02. The van der Waals surface area contributed by atoms with Crippen molar-refractivity contribution in [2.45, 2.75) is 31.8 Å². The molecule has 1 fully saturated rings. The second-order valence-electron chi connectivity index (χ2n) is 9.62. The minimum Gasteiger partial charge on any atom is -0.457 e. The van der Waals surface area contributed by atoms with Gasteiger partial charge in [-0.2, -0.15) is 15.0 Å². The van der Waals surface area contributed by atoms with Gasteiger partial charge in [-0.3, -0.25) is 9.59 Å². The average Bonchev–Trinajstić information content (AvgIpc) is 3.59. The van der Waals surface area contributed by atoms with Gasteiger partial charge in [0.25, 0.3) is 0 Å². The number of hydrogen-bond acceptors (Lipinski definition) is 5. The highest BCUT2D eigenvalue weighted by molar-refractivity contribution is 5.91. The topological polar surface area (TPSA) is 77.3 Å². The maximum absolute atomic E-state index is 14.3. The van der Waals surface area contributed by atoms with Crippen LogP contribution in [0.25, 0.3) is 0 Å². The number of amides is 1. The number of carbonyl (C=O) groups excluding carboxylic acids is 2. The molecule has 3 aromatic carbocycles. The van der Waals surface area contributed by atoms with Crippen molar-refractivity contribution in [3.8, 4) is 11.5 Å². The number of likely N-dealkylation sites (tertiary alicyclic amines) is 1. The molecule has 2 atom stereocenters. The molecule has 0 unspecified atom stereocenters. The van der Waals surface area contributed by atoms with E-state index in [2.05, 4.69) is 10.2 Å². The van der Waals surface area contributed by atoms with Crippen LogP contribution in [0.2, 0.25) is 0 Å². The Balaban J connectivity index is 1.29. The number of hydrogen-bond donors (Lipinski definition) is 0. The van der Waals surface area contributed by atoms with Crippen LogP contribution < -0.4 is 4.74 Å². The third kappa shape index (κ3) is 6.36. The Morgan fingerprint density at radius 3 is 2.08 bits per heavy atom. The molecule has 0 N–H and O–H groups in total. The molecular formula is C29H24F4N4O3. The number of Topliss-reactive ketones (excluding diaryl/α,β-unsaturated/α-hetero) is 1. The Labute approximate surface area is 227 Å². The van der Waals surface area contributed by atoms with E-state index in [4.69, 9.17) is 4.74 Å². The monoisotopic (exact) mass is 552 g/mol. The van der Waals surface area contributed by atoms with Crippen LogP contribution in [0.3, 0.4) is 0 Å². The molecule has 11 heteroatoms. The van der Waals surface area contributed by atoms with Gasteiger partial charge in [-0.25, -0.2) is 17.6 Å². The second-order valence-corrected chi connectivity index (χ2v) is 9.62. The lowest BCUT2D eigenvalue weighted by Crippen LogP contribution is -2.43. The van der Waals surface area contributed by atoms with Crippen molar-refractivity contribution in [2.24, 2.45) is 5.92 Å². The van der Waals surface area contributed by atoms with Crippen LogP contribution in [0.15, 0.2) is 73.1 Å². The highest BCUT2D eigenvalue weighted by Gasteiger charge is 2.40. The van der Waals surface area contributed by atoms with E-state index in [9.17, 15) is 27.2 Å². The third-order valence-electron chi connectivity index (χ3n) is 6.77. The number of ketones is 1. The Morgan fingerprint density at radius 1 is 0.850 bits per heavy atom. The zero-order valence-electron chi connectivity index (χ0n) is 21.1. The van der Waals surface area contributed by atoms with E-state index in [-0.39, 0.29) is 49.5 Å². The molecule has 4 aromatic rings. The van der Waals surface area contributed by atoms with Gasteiger partial charge in [0.1, 0.15) is 41.3 Å². The fraction of sp³-hybridized carbons (Fsp3) is 0.241. The molecule has 2 heterocycles. The smallest absolute Gasteiger partial charge is 0.246 e. The number of ether oxygens (including phenoxy) is 1. The van der Waals surface area contributed by atoms with Crippen LogP contribution >= 0.6 is 0 Å². The molecule has 0 radical (unpaired) electrons. The van der Waals surface area contributed by atoms with E-state index in [1.165, 1.54) is 46.4 Å². The average molecular weight is 553 g/mol. The zero-order valence-corrected chi connectivity index (χ0v) is 21.1. The lowest BCUT2D eigenvalue weighted by atomic mass is 9.93. The van der Waals surface area contributed by atoms with Gasteiger partial charge >= 0.3 is 0 Å². The van der Waals surface area contributed by atoms with Gasteiger partial charge in [-0.15, -0.1) is 0 Å². The van der Waals surface area contributed by atoms with Gasteiger partial charge in [-0.05, 0) is 60.7 Å². The standard InChI is InChI=1S/C29H24F4N4O3/c30-20-3-7-23(8-4-20)40-22-5-1-18(2-6-22)13-28(38)27-12-19(11-24-25(32)14-21(31)15-26(24)33)16-36(27)29(39)17-37-34-9-10-35-37/h1-10,14-15,19,27H,11-13,16-17H2/t19-,27+/m1/s1. The number of carbonyl (C=O) groups is 2.